The molecule has 1 aliphatic heterocycles. The molecule has 36 heavy (non-hydrogen) atoms. The quantitative estimate of drug-likeness (QED) is 0.359. The van der Waals surface area contributed by atoms with Crippen LogP contribution in [0.5, 0.6) is 11.5 Å². The molecule has 0 bridgehead atoms. The fourth-order valence-corrected chi connectivity index (χ4v) is 4.35. The Morgan fingerprint density at radius 2 is 1.89 bits per heavy atom. The first kappa shape index (κ1) is 27.2. The second-order valence-electron chi connectivity index (χ2n) is 7.73. The van der Waals surface area contributed by atoms with E-state index in [9.17, 15) is 18.0 Å². The third-order valence-electron chi connectivity index (χ3n) is 5.12. The van der Waals surface area contributed by atoms with Gasteiger partial charge in [0.25, 0.3) is 11.8 Å². The van der Waals surface area contributed by atoms with Gasteiger partial charge in [-0.05, 0) is 48.0 Å². The van der Waals surface area contributed by atoms with E-state index in [-0.39, 0.29) is 23.2 Å². The molecule has 1 heterocycles. The van der Waals surface area contributed by atoms with E-state index in [1.807, 2.05) is 0 Å². The van der Waals surface area contributed by atoms with Gasteiger partial charge in [0, 0.05) is 13.1 Å². The van der Waals surface area contributed by atoms with Crippen molar-refractivity contribution >= 4 is 45.3 Å². The Labute approximate surface area is 214 Å². The molecule has 0 aliphatic carbocycles. The van der Waals surface area contributed by atoms with Crippen LogP contribution < -0.4 is 19.2 Å². The van der Waals surface area contributed by atoms with Gasteiger partial charge in [0.15, 0.2) is 6.61 Å². The zero-order valence-electron chi connectivity index (χ0n) is 19.8. The average molecular weight is 539 g/mol. The lowest BCUT2D eigenvalue weighted by molar-refractivity contribution is -0.137. The first-order valence-corrected chi connectivity index (χ1v) is 13.1. The number of rotatable bonds is 10. The van der Waals surface area contributed by atoms with Crippen molar-refractivity contribution in [1.82, 2.24) is 10.3 Å². The molecule has 0 radical (unpaired) electrons. The first-order chi connectivity index (χ1) is 17.2. The van der Waals surface area contributed by atoms with Crippen molar-refractivity contribution in [3.8, 4) is 11.5 Å². The summed E-state index contributed by atoms with van der Waals surface area (Å²) in [6, 6.07) is 11.1. The van der Waals surface area contributed by atoms with Crippen LogP contribution in [0.3, 0.4) is 0 Å². The number of hydrogen-bond acceptors (Lipinski definition) is 8. The smallest absolute Gasteiger partial charge is 0.260 e. The third kappa shape index (κ3) is 7.83. The van der Waals surface area contributed by atoms with Crippen LogP contribution in [0, 0.1) is 0 Å². The minimum Gasteiger partial charge on any atom is -0.495 e. The number of anilines is 1. The predicted molar refractivity (Wildman–Crippen MR) is 135 cm³/mol. The number of hydrazone groups is 1. The molecule has 0 unspecified atom stereocenters. The first-order valence-electron chi connectivity index (χ1n) is 10.9. The fourth-order valence-electron chi connectivity index (χ4n) is 3.25. The number of carbonyl (C=O) groups is 2. The molecule has 0 atom stereocenters. The van der Waals surface area contributed by atoms with E-state index in [1.54, 1.807) is 29.2 Å². The summed E-state index contributed by atoms with van der Waals surface area (Å²) in [4.78, 5) is 26.2. The van der Waals surface area contributed by atoms with Crippen LogP contribution >= 0.6 is 11.6 Å². The number of amides is 2. The number of carbonyl (C=O) groups excluding carboxylic acids is 2. The maximum atomic E-state index is 12.4. The number of nitrogens with one attached hydrogen (secondary N) is 1. The summed E-state index contributed by atoms with van der Waals surface area (Å²) >= 11 is 6.09. The van der Waals surface area contributed by atoms with Gasteiger partial charge in [-0.15, -0.1) is 0 Å². The predicted octanol–water partition coefficient (Wildman–Crippen LogP) is 1.50. The third-order valence-corrected chi connectivity index (χ3v) is 6.56. The van der Waals surface area contributed by atoms with Crippen LogP contribution in [0.1, 0.15) is 5.56 Å². The van der Waals surface area contributed by atoms with Crippen LogP contribution in [-0.4, -0.2) is 84.2 Å². The van der Waals surface area contributed by atoms with Gasteiger partial charge in [-0.3, -0.25) is 13.9 Å². The van der Waals surface area contributed by atoms with Gasteiger partial charge in [-0.1, -0.05) is 11.6 Å². The molecular weight excluding hydrogens is 512 g/mol. The molecule has 194 valence electrons. The van der Waals surface area contributed by atoms with Crippen molar-refractivity contribution in [1.29, 1.82) is 0 Å². The zero-order chi connectivity index (χ0) is 26.1. The van der Waals surface area contributed by atoms with Gasteiger partial charge in [-0.25, -0.2) is 13.8 Å². The second-order valence-corrected chi connectivity index (χ2v) is 10.0. The van der Waals surface area contributed by atoms with Crippen LogP contribution in [-0.2, 0) is 24.3 Å². The van der Waals surface area contributed by atoms with Crippen LogP contribution in [0.15, 0.2) is 47.6 Å². The Hall–Kier alpha value is -3.35. The van der Waals surface area contributed by atoms with E-state index in [0.29, 0.717) is 43.4 Å². The number of ether oxygens (including phenoxy) is 3. The van der Waals surface area contributed by atoms with Gasteiger partial charge >= 0.3 is 0 Å². The molecule has 13 heteroatoms. The van der Waals surface area contributed by atoms with E-state index in [2.05, 4.69) is 10.5 Å². The van der Waals surface area contributed by atoms with Crippen LogP contribution in [0.4, 0.5) is 5.69 Å². The minimum absolute atomic E-state index is 0.0697. The largest absolute Gasteiger partial charge is 0.495 e. The summed E-state index contributed by atoms with van der Waals surface area (Å²) in [6.07, 6.45) is 2.38. The minimum atomic E-state index is -3.78. The lowest BCUT2D eigenvalue weighted by atomic mass is 10.2. The van der Waals surface area contributed by atoms with Gasteiger partial charge < -0.3 is 19.1 Å². The van der Waals surface area contributed by atoms with Gasteiger partial charge in [0.1, 0.15) is 18.0 Å². The monoisotopic (exact) mass is 538 g/mol. The normalized spacial score (nSPS) is 13.9. The highest BCUT2D eigenvalue weighted by molar-refractivity contribution is 7.92. The molecule has 0 saturated carbocycles. The van der Waals surface area contributed by atoms with E-state index < -0.39 is 22.5 Å². The van der Waals surface area contributed by atoms with Crippen molar-refractivity contribution in [3.63, 3.8) is 0 Å². The van der Waals surface area contributed by atoms with Crippen molar-refractivity contribution in [2.75, 3.05) is 57.1 Å². The molecule has 1 aliphatic rings. The molecule has 1 fully saturated rings. The highest BCUT2D eigenvalue weighted by Crippen LogP contribution is 2.30. The van der Waals surface area contributed by atoms with Gasteiger partial charge in [0.2, 0.25) is 10.0 Å². The second kappa shape index (κ2) is 12.6. The highest BCUT2D eigenvalue weighted by Gasteiger charge is 2.22. The molecule has 2 aromatic carbocycles. The molecule has 1 saturated heterocycles. The molecule has 11 nitrogen and oxygen atoms in total. The zero-order valence-corrected chi connectivity index (χ0v) is 21.4. The molecule has 1 N–H and O–H groups in total. The highest BCUT2D eigenvalue weighted by atomic mass is 35.5. The molecule has 3 rings (SSSR count). The maximum absolute atomic E-state index is 12.4. The summed E-state index contributed by atoms with van der Waals surface area (Å²) in [5.74, 6) is 0.139. The number of methoxy groups -OCH3 is 1. The molecule has 2 aromatic rings. The van der Waals surface area contributed by atoms with Gasteiger partial charge in [-0.2, -0.15) is 5.10 Å². The Balaban J connectivity index is 1.52. The van der Waals surface area contributed by atoms with Crippen molar-refractivity contribution in [2.24, 2.45) is 5.10 Å². The number of halogens is 1. The molecule has 0 spiro atoms. The van der Waals surface area contributed by atoms with E-state index in [4.69, 9.17) is 25.8 Å². The average Bonchev–Trinajstić information content (AvgIpc) is 2.86. The van der Waals surface area contributed by atoms with Crippen LogP contribution in [0.2, 0.25) is 5.02 Å². The SMILES string of the molecule is COc1ccc(N(CC(=O)N/N=C\c2ccc(OCC(=O)N3CCOCC3)cc2)S(C)(=O)=O)cc1Cl. The Kier molecular flexibility index (Phi) is 9.51. The topological polar surface area (TPSA) is 127 Å². The van der Waals surface area contributed by atoms with Crippen molar-refractivity contribution < 1.29 is 32.2 Å². The maximum Gasteiger partial charge on any atom is 0.260 e. The molecule has 0 aromatic heterocycles. The number of sulfonamides is 1. The van der Waals surface area contributed by atoms with Gasteiger partial charge in [0.05, 0.1) is 43.5 Å². The van der Waals surface area contributed by atoms with Crippen LogP contribution in [0.25, 0.3) is 0 Å². The standard InChI is InChI=1S/C23H27ClN4O7S/c1-33-21-8-5-18(13-20(21)24)28(36(2,31)32)15-22(29)26-25-14-17-3-6-19(7-4-17)35-16-23(30)27-9-11-34-12-10-27/h3-8,13-14H,9-12,15-16H2,1-2H3,(H,26,29)/b25-14-. The lowest BCUT2D eigenvalue weighted by Gasteiger charge is -2.26. The number of hydrogen-bond donors (Lipinski definition) is 1. The summed E-state index contributed by atoms with van der Waals surface area (Å²) < 4.78 is 41.2. The Bertz CT molecular complexity index is 1200. The van der Waals surface area contributed by atoms with E-state index >= 15 is 0 Å². The summed E-state index contributed by atoms with van der Waals surface area (Å²) in [6.45, 7) is 1.59. The molecular formula is C23H27ClN4O7S. The number of benzene rings is 2. The summed E-state index contributed by atoms with van der Waals surface area (Å²) in [5.41, 5.74) is 3.18. The Morgan fingerprint density at radius 3 is 2.50 bits per heavy atom. The lowest BCUT2D eigenvalue weighted by Crippen LogP contribution is -2.42. The molecule has 2 amide bonds. The van der Waals surface area contributed by atoms with Crippen molar-refractivity contribution in [3.05, 3.63) is 53.1 Å². The summed E-state index contributed by atoms with van der Waals surface area (Å²) in [7, 11) is -2.34. The summed E-state index contributed by atoms with van der Waals surface area (Å²) in [5, 5.41) is 4.08. The van der Waals surface area contributed by atoms with Crippen molar-refractivity contribution in [2.45, 2.75) is 0 Å². The number of morpholine rings is 1. The van der Waals surface area contributed by atoms with E-state index in [0.717, 1.165) is 10.6 Å². The van der Waals surface area contributed by atoms with E-state index in [1.165, 1.54) is 31.5 Å². The number of nitrogens with zero attached hydrogens (tertiary/aromatic N) is 3. The Morgan fingerprint density at radius 1 is 1.19 bits per heavy atom. The fraction of sp³-hybridized carbons (Fsp3) is 0.348.